The zero-order valence-electron chi connectivity index (χ0n) is 14.2. The summed E-state index contributed by atoms with van der Waals surface area (Å²) in [5.41, 5.74) is 1.17. The third kappa shape index (κ3) is 4.10. The van der Waals surface area contributed by atoms with Crippen LogP contribution in [0.4, 0.5) is 5.82 Å². The minimum Gasteiger partial charge on any atom is -0.466 e. The van der Waals surface area contributed by atoms with E-state index in [4.69, 9.17) is 21.1 Å². The molecule has 4 aromatic rings. The van der Waals surface area contributed by atoms with Gasteiger partial charge in [-0.2, -0.15) is 0 Å². The van der Waals surface area contributed by atoms with Crippen molar-refractivity contribution in [2.24, 2.45) is 0 Å². The van der Waals surface area contributed by atoms with Gasteiger partial charge in [0.05, 0.1) is 17.5 Å². The largest absolute Gasteiger partial charge is 0.466 e. The van der Waals surface area contributed by atoms with Gasteiger partial charge in [0.15, 0.2) is 0 Å². The highest BCUT2D eigenvalue weighted by atomic mass is 35.5. The van der Waals surface area contributed by atoms with Crippen molar-refractivity contribution in [3.63, 3.8) is 0 Å². The maximum absolute atomic E-state index is 6.23. The van der Waals surface area contributed by atoms with E-state index in [9.17, 15) is 0 Å². The average Bonchev–Trinajstić information content (AvgIpc) is 3.30. The number of fused-ring (bicyclic) bond motifs is 1. The fourth-order valence-corrected chi connectivity index (χ4v) is 4.10. The quantitative estimate of drug-likeness (QED) is 0.466. The Morgan fingerprint density at radius 2 is 2.04 bits per heavy atom. The molecule has 10 heteroatoms. The Labute approximate surface area is 168 Å². The first kappa shape index (κ1) is 17.9. The molecule has 0 spiro atoms. The summed E-state index contributed by atoms with van der Waals surface area (Å²) >= 11 is 8.88. The number of nitrogens with one attached hydrogen (secondary N) is 1. The summed E-state index contributed by atoms with van der Waals surface area (Å²) in [5.74, 6) is 1.46. The molecule has 3 heterocycles. The topological polar surface area (TPSA) is 82.0 Å². The van der Waals surface area contributed by atoms with Gasteiger partial charge in [0.2, 0.25) is 0 Å². The van der Waals surface area contributed by atoms with Crippen molar-refractivity contribution in [1.82, 2.24) is 19.3 Å². The summed E-state index contributed by atoms with van der Waals surface area (Å²) in [6, 6.07) is 8.15. The van der Waals surface area contributed by atoms with Crippen LogP contribution in [0.15, 0.2) is 36.0 Å². The van der Waals surface area contributed by atoms with Crippen LogP contribution >= 0.6 is 34.5 Å². The molecule has 0 saturated carbocycles. The second-order valence-electron chi connectivity index (χ2n) is 5.46. The molecule has 7 nitrogen and oxygen atoms in total. The van der Waals surface area contributed by atoms with Crippen molar-refractivity contribution in [3.8, 4) is 17.0 Å². The minimum absolute atomic E-state index is 0.308. The molecule has 0 aliphatic carbocycles. The Morgan fingerprint density at radius 1 is 1.19 bits per heavy atom. The van der Waals surface area contributed by atoms with Crippen LogP contribution in [-0.4, -0.2) is 33.0 Å². The van der Waals surface area contributed by atoms with Gasteiger partial charge in [-0.15, -0.1) is 20.7 Å². The lowest BCUT2D eigenvalue weighted by Crippen LogP contribution is -2.06. The maximum Gasteiger partial charge on any atom is 0.331 e. The molecule has 0 radical (unpaired) electrons. The zero-order chi connectivity index (χ0) is 18.6. The summed E-state index contributed by atoms with van der Waals surface area (Å²) < 4.78 is 14.6. The van der Waals surface area contributed by atoms with E-state index in [0.29, 0.717) is 22.0 Å². The number of anilines is 1. The van der Waals surface area contributed by atoms with Gasteiger partial charge < -0.3 is 14.8 Å². The number of halogens is 1. The van der Waals surface area contributed by atoms with Gasteiger partial charge in [0.25, 0.3) is 0 Å². The molecule has 0 saturated heterocycles. The van der Waals surface area contributed by atoms with Crippen LogP contribution in [0.25, 0.3) is 10.2 Å². The van der Waals surface area contributed by atoms with E-state index in [2.05, 4.69) is 24.6 Å². The molecule has 0 aliphatic heterocycles. The first-order valence-corrected chi connectivity index (χ1v) is 10.0. The number of nitrogens with zero attached hydrogens (tertiary/aromatic N) is 4. The number of methoxy groups -OCH3 is 1. The standard InChI is InChI=1S/C17H14ClN5O2S2/c1-24-16-22-17(27-23-16)25-11-4-2-10(3-5-11)6-7-19-14-13-12(18)8-26-15(13)21-9-20-14/h2-5,8-9H,6-7H2,1H3,(H,19,20,21). The highest BCUT2D eigenvalue weighted by Gasteiger charge is 2.10. The van der Waals surface area contributed by atoms with Gasteiger partial charge in [-0.3, -0.25) is 0 Å². The molecule has 1 N–H and O–H groups in total. The van der Waals surface area contributed by atoms with Gasteiger partial charge in [-0.05, 0) is 24.1 Å². The minimum atomic E-state index is 0.308. The van der Waals surface area contributed by atoms with Crippen molar-refractivity contribution < 1.29 is 9.47 Å². The monoisotopic (exact) mass is 419 g/mol. The van der Waals surface area contributed by atoms with Crippen molar-refractivity contribution in [2.75, 3.05) is 19.0 Å². The number of hydrogen-bond donors (Lipinski definition) is 1. The summed E-state index contributed by atoms with van der Waals surface area (Å²) in [6.07, 6.45) is 2.38. The van der Waals surface area contributed by atoms with Crippen LogP contribution in [-0.2, 0) is 6.42 Å². The Kier molecular flexibility index (Phi) is 5.33. The molecule has 1 aromatic carbocycles. The molecule has 4 rings (SSSR count). The van der Waals surface area contributed by atoms with E-state index < -0.39 is 0 Å². The number of benzene rings is 1. The Bertz CT molecular complexity index is 1050. The summed E-state index contributed by atoms with van der Waals surface area (Å²) in [6.45, 7) is 0.728. The number of ether oxygens (including phenoxy) is 2. The molecule has 0 aliphatic rings. The van der Waals surface area contributed by atoms with E-state index in [-0.39, 0.29) is 0 Å². The van der Waals surface area contributed by atoms with Gasteiger partial charge in [0, 0.05) is 23.5 Å². The van der Waals surface area contributed by atoms with E-state index in [0.717, 1.165) is 40.5 Å². The first-order valence-electron chi connectivity index (χ1n) is 7.99. The van der Waals surface area contributed by atoms with E-state index in [1.54, 1.807) is 6.33 Å². The number of aromatic nitrogens is 4. The average molecular weight is 420 g/mol. The molecule has 0 bridgehead atoms. The van der Waals surface area contributed by atoms with E-state index >= 15 is 0 Å². The van der Waals surface area contributed by atoms with E-state index in [1.165, 1.54) is 24.0 Å². The molecular formula is C17H14ClN5O2S2. The van der Waals surface area contributed by atoms with Gasteiger partial charge in [0.1, 0.15) is 22.7 Å². The normalized spacial score (nSPS) is 10.9. The summed E-state index contributed by atoms with van der Waals surface area (Å²) in [7, 11) is 1.52. The van der Waals surface area contributed by atoms with Gasteiger partial charge in [-0.1, -0.05) is 23.7 Å². The molecule has 0 amide bonds. The predicted octanol–water partition coefficient (Wildman–Crippen LogP) is 4.65. The molecule has 27 heavy (non-hydrogen) atoms. The SMILES string of the molecule is COc1nsc(Oc2ccc(CCNc3ncnc4scc(Cl)c34)cc2)n1. The fraction of sp³-hybridized carbons (Fsp3) is 0.176. The Balaban J connectivity index is 1.35. The second-order valence-corrected chi connectivity index (χ2v) is 7.44. The summed E-state index contributed by atoms with van der Waals surface area (Å²) in [5, 5.41) is 7.20. The second kappa shape index (κ2) is 8.03. The molecule has 3 aromatic heterocycles. The first-order chi connectivity index (χ1) is 13.2. The van der Waals surface area contributed by atoms with Crippen LogP contribution in [0.2, 0.25) is 5.02 Å². The highest BCUT2D eigenvalue weighted by molar-refractivity contribution is 7.17. The zero-order valence-corrected chi connectivity index (χ0v) is 16.6. The highest BCUT2D eigenvalue weighted by Crippen LogP contribution is 2.32. The number of rotatable bonds is 7. The number of thiophene rings is 1. The lowest BCUT2D eigenvalue weighted by atomic mass is 10.1. The lowest BCUT2D eigenvalue weighted by Gasteiger charge is -2.07. The lowest BCUT2D eigenvalue weighted by molar-refractivity contribution is 0.378. The van der Waals surface area contributed by atoms with Crippen LogP contribution < -0.4 is 14.8 Å². The van der Waals surface area contributed by atoms with Crippen LogP contribution in [0.3, 0.4) is 0 Å². The van der Waals surface area contributed by atoms with E-state index in [1.807, 2.05) is 29.6 Å². The molecule has 0 atom stereocenters. The van der Waals surface area contributed by atoms with Crippen molar-refractivity contribution in [3.05, 3.63) is 46.6 Å². The molecule has 0 fully saturated rings. The van der Waals surface area contributed by atoms with Crippen molar-refractivity contribution >= 4 is 50.5 Å². The smallest absolute Gasteiger partial charge is 0.331 e. The molecular weight excluding hydrogens is 406 g/mol. The Morgan fingerprint density at radius 3 is 2.81 bits per heavy atom. The van der Waals surface area contributed by atoms with Crippen LogP contribution in [0.5, 0.6) is 17.0 Å². The van der Waals surface area contributed by atoms with Crippen LogP contribution in [0, 0.1) is 0 Å². The Hall–Kier alpha value is -2.49. The predicted molar refractivity (Wildman–Crippen MR) is 108 cm³/mol. The van der Waals surface area contributed by atoms with Gasteiger partial charge in [-0.25, -0.2) is 9.97 Å². The third-order valence-corrected chi connectivity index (χ3v) is 5.62. The maximum atomic E-state index is 6.23. The third-order valence-electron chi connectivity index (χ3n) is 3.73. The van der Waals surface area contributed by atoms with Crippen LogP contribution in [0.1, 0.15) is 5.56 Å². The fourth-order valence-electron chi connectivity index (χ4n) is 2.45. The number of hydrogen-bond acceptors (Lipinski definition) is 9. The molecule has 138 valence electrons. The van der Waals surface area contributed by atoms with Crippen molar-refractivity contribution in [1.29, 1.82) is 0 Å². The van der Waals surface area contributed by atoms with Gasteiger partial charge >= 0.3 is 11.2 Å². The summed E-state index contributed by atoms with van der Waals surface area (Å²) in [4.78, 5) is 13.5. The van der Waals surface area contributed by atoms with Crippen molar-refractivity contribution in [2.45, 2.75) is 6.42 Å². The molecule has 0 unspecified atom stereocenters.